The summed E-state index contributed by atoms with van der Waals surface area (Å²) in [5.74, 6) is 1.05. The van der Waals surface area contributed by atoms with Crippen LogP contribution in [0, 0.1) is 6.92 Å². The third kappa shape index (κ3) is 8.61. The number of hydrogen-bond acceptors (Lipinski definition) is 3. The molecule has 0 aliphatic rings. The van der Waals surface area contributed by atoms with Crippen LogP contribution in [0.5, 0.6) is 0 Å². The number of carbonyl (C=O) groups excluding carboxylic acids is 1. The minimum Gasteiger partial charge on any atom is -0.459 e. The first-order valence-corrected chi connectivity index (χ1v) is 9.38. The van der Waals surface area contributed by atoms with Gasteiger partial charge >= 0.3 is 0 Å². The molecule has 1 amide bonds. The van der Waals surface area contributed by atoms with E-state index in [1.807, 2.05) is 6.92 Å². The molecule has 0 radical (unpaired) electrons. The summed E-state index contributed by atoms with van der Waals surface area (Å²) in [6.45, 7) is 7.62. The molecule has 6 heteroatoms. The molecule has 0 saturated heterocycles. The van der Waals surface area contributed by atoms with Crippen molar-refractivity contribution in [3.05, 3.63) is 23.7 Å². The van der Waals surface area contributed by atoms with E-state index < -0.39 is 0 Å². The van der Waals surface area contributed by atoms with Crippen molar-refractivity contribution in [1.82, 2.24) is 16.0 Å². The van der Waals surface area contributed by atoms with E-state index >= 15 is 0 Å². The van der Waals surface area contributed by atoms with Crippen molar-refractivity contribution in [3.63, 3.8) is 0 Å². The summed E-state index contributed by atoms with van der Waals surface area (Å²) in [6, 6.07) is 2.19. The van der Waals surface area contributed by atoms with Gasteiger partial charge in [-0.15, -0.1) is 0 Å². The van der Waals surface area contributed by atoms with Crippen LogP contribution in [-0.2, 0) is 0 Å². The van der Waals surface area contributed by atoms with Crippen molar-refractivity contribution in [2.45, 2.75) is 65.3 Å². The Morgan fingerprint density at radius 3 is 2.60 bits per heavy atom. The van der Waals surface area contributed by atoms with Gasteiger partial charge in [0.25, 0.3) is 5.91 Å². The Kier molecular flexibility index (Phi) is 10.4. The number of carbonyl (C=O) groups is 1. The standard InChI is InChI=1S/C19H34N4O2/c1-5-6-7-8-10-16(3)23-19(20-4)22-13-9-12-21-18(24)17-15(2)11-14-25-17/h11,14,16H,5-10,12-13H2,1-4H3,(H,21,24)(H2,20,22,23). The molecule has 142 valence electrons. The second-order valence-electron chi connectivity index (χ2n) is 6.44. The highest BCUT2D eigenvalue weighted by atomic mass is 16.3. The van der Waals surface area contributed by atoms with Crippen LogP contribution < -0.4 is 16.0 Å². The average Bonchev–Trinajstić information content (AvgIpc) is 3.03. The van der Waals surface area contributed by atoms with Gasteiger partial charge in [0.1, 0.15) is 0 Å². The molecule has 3 N–H and O–H groups in total. The van der Waals surface area contributed by atoms with E-state index in [-0.39, 0.29) is 5.91 Å². The summed E-state index contributed by atoms with van der Waals surface area (Å²) in [5, 5.41) is 9.56. The van der Waals surface area contributed by atoms with Crippen molar-refractivity contribution in [2.75, 3.05) is 20.1 Å². The number of amides is 1. The Labute approximate surface area is 151 Å². The molecular formula is C19H34N4O2. The number of unbranched alkanes of at least 4 members (excludes halogenated alkanes) is 3. The van der Waals surface area contributed by atoms with Gasteiger partial charge in [0.15, 0.2) is 11.7 Å². The Hall–Kier alpha value is -1.98. The molecule has 0 bridgehead atoms. The van der Waals surface area contributed by atoms with Crippen LogP contribution in [0.25, 0.3) is 0 Å². The number of aryl methyl sites for hydroxylation is 1. The van der Waals surface area contributed by atoms with Crippen molar-refractivity contribution < 1.29 is 9.21 Å². The van der Waals surface area contributed by atoms with Crippen molar-refractivity contribution in [1.29, 1.82) is 0 Å². The van der Waals surface area contributed by atoms with Crippen LogP contribution in [0.3, 0.4) is 0 Å². The predicted molar refractivity (Wildman–Crippen MR) is 103 cm³/mol. The molecule has 1 aromatic rings. The first kappa shape index (κ1) is 21.1. The summed E-state index contributed by atoms with van der Waals surface area (Å²) in [7, 11) is 1.78. The molecule has 1 unspecified atom stereocenters. The molecule has 1 heterocycles. The fourth-order valence-corrected chi connectivity index (χ4v) is 2.56. The van der Waals surface area contributed by atoms with E-state index in [2.05, 4.69) is 34.8 Å². The van der Waals surface area contributed by atoms with E-state index in [1.54, 1.807) is 13.1 Å². The third-order valence-electron chi connectivity index (χ3n) is 4.10. The number of nitrogens with one attached hydrogen (secondary N) is 3. The van der Waals surface area contributed by atoms with Gasteiger partial charge < -0.3 is 20.4 Å². The number of furan rings is 1. The molecule has 0 aromatic carbocycles. The maximum absolute atomic E-state index is 11.9. The van der Waals surface area contributed by atoms with Gasteiger partial charge in [-0.05, 0) is 32.8 Å². The molecule has 0 fully saturated rings. The van der Waals surface area contributed by atoms with Gasteiger partial charge in [0, 0.05) is 31.7 Å². The lowest BCUT2D eigenvalue weighted by Crippen LogP contribution is -2.43. The second kappa shape index (κ2) is 12.4. The van der Waals surface area contributed by atoms with Gasteiger partial charge in [0.05, 0.1) is 6.26 Å². The first-order valence-electron chi connectivity index (χ1n) is 9.38. The van der Waals surface area contributed by atoms with Gasteiger partial charge in [-0.3, -0.25) is 9.79 Å². The Balaban J connectivity index is 2.14. The largest absolute Gasteiger partial charge is 0.459 e. The van der Waals surface area contributed by atoms with E-state index in [0.29, 0.717) is 18.3 Å². The minimum absolute atomic E-state index is 0.161. The monoisotopic (exact) mass is 350 g/mol. The Bertz CT molecular complexity index is 525. The summed E-state index contributed by atoms with van der Waals surface area (Å²) in [6.07, 6.45) is 8.62. The molecule has 0 spiro atoms. The number of nitrogens with zero attached hydrogens (tertiary/aromatic N) is 1. The number of rotatable bonds is 11. The van der Waals surface area contributed by atoms with Crippen LogP contribution in [0.15, 0.2) is 21.7 Å². The highest BCUT2D eigenvalue weighted by Gasteiger charge is 2.11. The number of guanidine groups is 1. The smallest absolute Gasteiger partial charge is 0.287 e. The fourth-order valence-electron chi connectivity index (χ4n) is 2.56. The van der Waals surface area contributed by atoms with Crippen LogP contribution in [0.4, 0.5) is 0 Å². The number of aliphatic imine (C=N–C) groups is 1. The van der Waals surface area contributed by atoms with Crippen LogP contribution >= 0.6 is 0 Å². The highest BCUT2D eigenvalue weighted by Crippen LogP contribution is 2.08. The number of hydrogen-bond donors (Lipinski definition) is 3. The molecule has 1 rings (SSSR count). The van der Waals surface area contributed by atoms with Crippen LogP contribution in [-0.4, -0.2) is 38.0 Å². The lowest BCUT2D eigenvalue weighted by Gasteiger charge is -2.18. The molecule has 25 heavy (non-hydrogen) atoms. The molecular weight excluding hydrogens is 316 g/mol. The van der Waals surface area contributed by atoms with Crippen molar-refractivity contribution in [2.24, 2.45) is 4.99 Å². The summed E-state index contributed by atoms with van der Waals surface area (Å²) in [5.41, 5.74) is 0.855. The van der Waals surface area contributed by atoms with Crippen LogP contribution in [0.1, 0.15) is 68.5 Å². The summed E-state index contributed by atoms with van der Waals surface area (Å²) < 4.78 is 5.17. The van der Waals surface area contributed by atoms with E-state index in [9.17, 15) is 4.79 Å². The van der Waals surface area contributed by atoms with E-state index in [4.69, 9.17) is 4.42 Å². The lowest BCUT2D eigenvalue weighted by molar-refractivity contribution is 0.0925. The topological polar surface area (TPSA) is 78.7 Å². The van der Waals surface area contributed by atoms with E-state index in [1.165, 1.54) is 31.9 Å². The maximum atomic E-state index is 11.9. The Morgan fingerprint density at radius 2 is 1.96 bits per heavy atom. The average molecular weight is 351 g/mol. The highest BCUT2D eigenvalue weighted by molar-refractivity contribution is 5.92. The fraction of sp³-hybridized carbons (Fsp3) is 0.684. The van der Waals surface area contributed by atoms with Crippen molar-refractivity contribution >= 4 is 11.9 Å². The van der Waals surface area contributed by atoms with E-state index in [0.717, 1.165) is 30.9 Å². The molecule has 0 aliphatic heterocycles. The zero-order valence-corrected chi connectivity index (χ0v) is 16.2. The quantitative estimate of drug-likeness (QED) is 0.325. The summed E-state index contributed by atoms with van der Waals surface area (Å²) >= 11 is 0. The Morgan fingerprint density at radius 1 is 1.20 bits per heavy atom. The normalized spacial score (nSPS) is 12.7. The zero-order valence-electron chi connectivity index (χ0n) is 16.2. The second-order valence-corrected chi connectivity index (χ2v) is 6.44. The first-order chi connectivity index (χ1) is 12.1. The van der Waals surface area contributed by atoms with Gasteiger partial charge in [-0.25, -0.2) is 0 Å². The molecule has 0 aliphatic carbocycles. The summed E-state index contributed by atoms with van der Waals surface area (Å²) in [4.78, 5) is 16.2. The minimum atomic E-state index is -0.161. The van der Waals surface area contributed by atoms with Crippen molar-refractivity contribution in [3.8, 4) is 0 Å². The molecule has 6 nitrogen and oxygen atoms in total. The van der Waals surface area contributed by atoms with Gasteiger partial charge in [-0.2, -0.15) is 0 Å². The molecule has 0 saturated carbocycles. The predicted octanol–water partition coefficient (Wildman–Crippen LogP) is 3.23. The molecule has 1 aromatic heterocycles. The third-order valence-corrected chi connectivity index (χ3v) is 4.10. The van der Waals surface area contributed by atoms with Gasteiger partial charge in [-0.1, -0.05) is 32.6 Å². The molecule has 1 atom stereocenters. The van der Waals surface area contributed by atoms with Gasteiger partial charge in [0.2, 0.25) is 0 Å². The zero-order chi connectivity index (χ0) is 18.5. The van der Waals surface area contributed by atoms with Crippen LogP contribution in [0.2, 0.25) is 0 Å². The lowest BCUT2D eigenvalue weighted by atomic mass is 10.1. The SMILES string of the molecule is CCCCCCC(C)NC(=NC)NCCCNC(=O)c1occc1C. The maximum Gasteiger partial charge on any atom is 0.287 e.